The molecular weight excluding hydrogens is 338 g/mol. The number of hydrogen-bond donors (Lipinski definition) is 1. The van der Waals surface area contributed by atoms with Gasteiger partial charge in [-0.2, -0.15) is 0 Å². The number of fused-ring (bicyclic) bond motifs is 1. The van der Waals surface area contributed by atoms with Gasteiger partial charge in [-0.1, -0.05) is 18.2 Å². The second kappa shape index (κ2) is 7.98. The number of β-amino-alcohol motifs (C(OH)–C–C–N with tert-alkyl or cyclic N) is 1. The van der Waals surface area contributed by atoms with E-state index in [0.29, 0.717) is 6.54 Å². The molecule has 1 aliphatic rings. The molecule has 0 saturated carbocycles. The average molecular weight is 363 g/mol. The van der Waals surface area contributed by atoms with E-state index in [0.717, 1.165) is 48.5 Å². The molecule has 2 atom stereocenters. The summed E-state index contributed by atoms with van der Waals surface area (Å²) in [7, 11) is 2.09. The second-order valence-electron chi connectivity index (χ2n) is 7.14. The maximum absolute atomic E-state index is 10.7. The van der Waals surface area contributed by atoms with Gasteiger partial charge in [0, 0.05) is 44.0 Å². The second-order valence-corrected chi connectivity index (χ2v) is 7.14. The highest BCUT2D eigenvalue weighted by molar-refractivity contribution is 5.75. The van der Waals surface area contributed by atoms with Crippen LogP contribution in [0.1, 0.15) is 12.1 Å². The van der Waals surface area contributed by atoms with Crippen molar-refractivity contribution < 1.29 is 5.11 Å². The summed E-state index contributed by atoms with van der Waals surface area (Å²) >= 11 is 0. The lowest BCUT2D eigenvalue weighted by molar-refractivity contribution is 0.0508. The first-order valence-electron chi connectivity index (χ1n) is 9.45. The van der Waals surface area contributed by atoms with E-state index in [2.05, 4.69) is 26.8 Å². The zero-order chi connectivity index (χ0) is 18.6. The molecule has 0 amide bonds. The lowest BCUT2D eigenvalue weighted by Gasteiger charge is -2.40. The quantitative estimate of drug-likeness (QED) is 0.749. The van der Waals surface area contributed by atoms with Crippen molar-refractivity contribution in [2.45, 2.75) is 25.0 Å². The van der Waals surface area contributed by atoms with E-state index >= 15 is 0 Å². The summed E-state index contributed by atoms with van der Waals surface area (Å²) < 4.78 is 0. The third kappa shape index (κ3) is 4.07. The summed E-state index contributed by atoms with van der Waals surface area (Å²) in [6, 6.07) is 14.0. The predicted octanol–water partition coefficient (Wildman–Crippen LogP) is 2.14. The molecule has 1 N–H and O–H groups in total. The Morgan fingerprint density at radius 2 is 1.93 bits per heavy atom. The Balaban J connectivity index is 1.38. The maximum atomic E-state index is 10.7. The van der Waals surface area contributed by atoms with Gasteiger partial charge in [0.1, 0.15) is 5.82 Å². The number of piperidine rings is 1. The number of nitrogens with zero attached hydrogens (tertiary/aromatic N) is 5. The van der Waals surface area contributed by atoms with Gasteiger partial charge >= 0.3 is 0 Å². The SMILES string of the molecule is CN(CCc1ccccn1)[C@@H]1CCN(c2cnc3ccccc3n2)C[C@H]1O. The van der Waals surface area contributed by atoms with Gasteiger partial charge in [-0.05, 0) is 37.7 Å². The number of benzene rings is 1. The molecule has 6 nitrogen and oxygen atoms in total. The molecule has 1 aliphatic heterocycles. The number of aliphatic hydroxyl groups excluding tert-OH is 1. The third-order valence-electron chi connectivity index (χ3n) is 5.32. The minimum absolute atomic E-state index is 0.151. The number of rotatable bonds is 5. The van der Waals surface area contributed by atoms with Gasteiger partial charge in [0.25, 0.3) is 0 Å². The molecule has 1 aromatic carbocycles. The number of likely N-dealkylation sites (N-methyl/N-ethyl adjacent to an activating group) is 1. The van der Waals surface area contributed by atoms with Crippen LogP contribution in [0.5, 0.6) is 0 Å². The number of anilines is 1. The molecule has 2 aromatic heterocycles. The Hall–Kier alpha value is -2.57. The van der Waals surface area contributed by atoms with Crippen LogP contribution in [0.25, 0.3) is 11.0 Å². The fourth-order valence-corrected chi connectivity index (χ4v) is 3.74. The fraction of sp³-hybridized carbons (Fsp3) is 0.381. The van der Waals surface area contributed by atoms with Crippen LogP contribution in [0.3, 0.4) is 0 Å². The van der Waals surface area contributed by atoms with E-state index < -0.39 is 6.10 Å². The van der Waals surface area contributed by atoms with Gasteiger partial charge < -0.3 is 14.9 Å². The molecule has 0 radical (unpaired) electrons. The predicted molar refractivity (Wildman–Crippen MR) is 107 cm³/mol. The Morgan fingerprint density at radius 1 is 1.11 bits per heavy atom. The van der Waals surface area contributed by atoms with Crippen molar-refractivity contribution in [2.75, 3.05) is 31.6 Å². The molecule has 1 saturated heterocycles. The van der Waals surface area contributed by atoms with Crippen LogP contribution in [0.4, 0.5) is 5.82 Å². The van der Waals surface area contributed by atoms with Gasteiger partial charge in [-0.15, -0.1) is 0 Å². The molecule has 1 fully saturated rings. The van der Waals surface area contributed by atoms with Crippen LogP contribution in [0, 0.1) is 0 Å². The molecular formula is C21H25N5O. The lowest BCUT2D eigenvalue weighted by Crippen LogP contribution is -2.53. The van der Waals surface area contributed by atoms with Crippen LogP contribution < -0.4 is 4.90 Å². The first kappa shape index (κ1) is 17.8. The van der Waals surface area contributed by atoms with Gasteiger partial charge in [0.05, 0.1) is 23.3 Å². The van der Waals surface area contributed by atoms with Gasteiger partial charge in [-0.25, -0.2) is 4.98 Å². The molecule has 0 spiro atoms. The molecule has 6 heteroatoms. The first-order chi connectivity index (χ1) is 13.2. The highest BCUT2D eigenvalue weighted by atomic mass is 16.3. The van der Waals surface area contributed by atoms with Crippen molar-refractivity contribution in [1.82, 2.24) is 19.9 Å². The molecule has 4 rings (SSSR count). The van der Waals surface area contributed by atoms with E-state index in [1.807, 2.05) is 48.7 Å². The summed E-state index contributed by atoms with van der Waals surface area (Å²) in [6.07, 6.45) is 5.00. The minimum Gasteiger partial charge on any atom is -0.390 e. The smallest absolute Gasteiger partial charge is 0.147 e. The molecule has 0 aliphatic carbocycles. The Bertz CT molecular complexity index is 888. The largest absolute Gasteiger partial charge is 0.390 e. The summed E-state index contributed by atoms with van der Waals surface area (Å²) in [4.78, 5) is 18.0. The highest BCUT2D eigenvalue weighted by Gasteiger charge is 2.31. The van der Waals surface area contributed by atoms with Crippen molar-refractivity contribution in [2.24, 2.45) is 0 Å². The zero-order valence-electron chi connectivity index (χ0n) is 15.6. The van der Waals surface area contributed by atoms with E-state index in [4.69, 9.17) is 4.98 Å². The van der Waals surface area contributed by atoms with E-state index in [1.54, 1.807) is 6.20 Å². The van der Waals surface area contributed by atoms with Crippen molar-refractivity contribution in [1.29, 1.82) is 0 Å². The van der Waals surface area contributed by atoms with Crippen molar-refractivity contribution in [3.63, 3.8) is 0 Å². The lowest BCUT2D eigenvalue weighted by atomic mass is 10.00. The first-order valence-corrected chi connectivity index (χ1v) is 9.45. The topological polar surface area (TPSA) is 65.4 Å². The summed E-state index contributed by atoms with van der Waals surface area (Å²) in [5.41, 5.74) is 2.87. The highest BCUT2D eigenvalue weighted by Crippen LogP contribution is 2.22. The molecule has 3 heterocycles. The van der Waals surface area contributed by atoms with Crippen LogP contribution in [0.15, 0.2) is 54.9 Å². The van der Waals surface area contributed by atoms with Crippen molar-refractivity contribution in [3.8, 4) is 0 Å². The minimum atomic E-state index is -0.416. The van der Waals surface area contributed by atoms with Gasteiger partial charge in [0.2, 0.25) is 0 Å². The fourth-order valence-electron chi connectivity index (χ4n) is 3.74. The Morgan fingerprint density at radius 3 is 2.70 bits per heavy atom. The van der Waals surface area contributed by atoms with E-state index in [1.165, 1.54) is 0 Å². The summed E-state index contributed by atoms with van der Waals surface area (Å²) in [6.45, 7) is 2.32. The van der Waals surface area contributed by atoms with Gasteiger partial charge in [0.15, 0.2) is 0 Å². The maximum Gasteiger partial charge on any atom is 0.147 e. The normalized spacial score (nSPS) is 20.3. The summed E-state index contributed by atoms with van der Waals surface area (Å²) in [5.74, 6) is 0.835. The monoisotopic (exact) mass is 363 g/mol. The van der Waals surface area contributed by atoms with Gasteiger partial charge in [-0.3, -0.25) is 9.97 Å². The average Bonchev–Trinajstić information content (AvgIpc) is 2.72. The molecule has 140 valence electrons. The van der Waals surface area contributed by atoms with Crippen molar-refractivity contribution in [3.05, 3.63) is 60.6 Å². The molecule has 0 unspecified atom stereocenters. The number of pyridine rings is 1. The van der Waals surface area contributed by atoms with Crippen LogP contribution in [-0.4, -0.2) is 63.8 Å². The number of hydrogen-bond acceptors (Lipinski definition) is 6. The van der Waals surface area contributed by atoms with Crippen molar-refractivity contribution >= 4 is 16.9 Å². The van der Waals surface area contributed by atoms with Crippen LogP contribution >= 0.6 is 0 Å². The van der Waals surface area contributed by atoms with E-state index in [-0.39, 0.29) is 6.04 Å². The molecule has 0 bridgehead atoms. The summed E-state index contributed by atoms with van der Waals surface area (Å²) in [5, 5.41) is 10.7. The Labute approximate surface area is 159 Å². The number of aromatic nitrogens is 3. The van der Waals surface area contributed by atoms with Crippen LogP contribution in [-0.2, 0) is 6.42 Å². The zero-order valence-corrected chi connectivity index (χ0v) is 15.6. The number of para-hydroxylation sites is 2. The Kier molecular flexibility index (Phi) is 5.27. The van der Waals surface area contributed by atoms with Crippen LogP contribution in [0.2, 0.25) is 0 Å². The molecule has 3 aromatic rings. The standard InChI is InChI=1S/C21H25N5O/c1-25(12-9-16-6-4-5-11-22-16)19-10-13-26(15-20(19)27)21-14-23-17-7-2-3-8-18(17)24-21/h2-8,11,14,19-20,27H,9-10,12-13,15H2,1H3/t19-,20-/m1/s1. The number of aliphatic hydroxyl groups is 1. The third-order valence-corrected chi connectivity index (χ3v) is 5.32. The molecule has 27 heavy (non-hydrogen) atoms. The van der Waals surface area contributed by atoms with E-state index in [9.17, 15) is 5.11 Å².